The van der Waals surface area contributed by atoms with Gasteiger partial charge in [-0.05, 0) is 25.1 Å². The van der Waals surface area contributed by atoms with Gasteiger partial charge in [-0.25, -0.2) is 0 Å². The molecule has 0 bridgehead atoms. The van der Waals surface area contributed by atoms with Gasteiger partial charge in [0.2, 0.25) is 0 Å². The van der Waals surface area contributed by atoms with Crippen LogP contribution >= 0.6 is 0 Å². The maximum absolute atomic E-state index is 12.6. The monoisotopic (exact) mass is 344 g/mol. The molecule has 2 heterocycles. The van der Waals surface area contributed by atoms with E-state index in [0.29, 0.717) is 24.4 Å². The third-order valence-corrected chi connectivity index (χ3v) is 4.05. The first kappa shape index (κ1) is 17.0. The fraction of sp³-hybridized carbons (Fsp3) is 0.333. The minimum absolute atomic E-state index is 0.115. The Morgan fingerprint density at radius 3 is 2.84 bits per heavy atom. The number of benzene rings is 1. The third kappa shape index (κ3) is 4.00. The van der Waals surface area contributed by atoms with Crippen molar-refractivity contribution in [2.75, 3.05) is 19.6 Å². The van der Waals surface area contributed by atoms with E-state index in [0.717, 1.165) is 5.75 Å². The molecule has 7 nitrogen and oxygen atoms in total. The summed E-state index contributed by atoms with van der Waals surface area (Å²) in [5, 5.41) is 12.0. The molecule has 3 rings (SSSR count). The molecule has 0 saturated carbocycles. The standard InChI is InChI=1S/C18H20N2O5/c1-12-9-14(11-24-13-5-3-2-4-6-13)25-16(12)17(21)20-8-7-19-15(10-20)18(22)23/h2-6,9,15,19H,7-8,10-11H2,1H3,(H,22,23). The van der Waals surface area contributed by atoms with Crippen LogP contribution < -0.4 is 10.1 Å². The van der Waals surface area contributed by atoms with E-state index < -0.39 is 12.0 Å². The second kappa shape index (κ2) is 7.40. The van der Waals surface area contributed by atoms with E-state index in [1.54, 1.807) is 13.0 Å². The van der Waals surface area contributed by atoms with Crippen LogP contribution in [0, 0.1) is 6.92 Å². The molecule has 1 aliphatic rings. The van der Waals surface area contributed by atoms with Crippen LogP contribution in [0.25, 0.3) is 0 Å². The van der Waals surface area contributed by atoms with E-state index in [2.05, 4.69) is 5.32 Å². The summed E-state index contributed by atoms with van der Waals surface area (Å²) in [4.78, 5) is 25.3. The number of ether oxygens (including phenoxy) is 1. The van der Waals surface area contributed by atoms with E-state index in [9.17, 15) is 9.59 Å². The highest BCUT2D eigenvalue weighted by Crippen LogP contribution is 2.20. The quantitative estimate of drug-likeness (QED) is 0.857. The first-order chi connectivity index (χ1) is 12.0. The van der Waals surface area contributed by atoms with E-state index >= 15 is 0 Å². The number of nitrogens with zero attached hydrogens (tertiary/aromatic N) is 1. The van der Waals surface area contributed by atoms with Crippen molar-refractivity contribution in [2.24, 2.45) is 0 Å². The third-order valence-electron chi connectivity index (χ3n) is 4.05. The molecular formula is C18H20N2O5. The molecule has 1 aromatic carbocycles. The average molecular weight is 344 g/mol. The van der Waals surface area contributed by atoms with Gasteiger partial charge in [-0.1, -0.05) is 18.2 Å². The summed E-state index contributed by atoms with van der Waals surface area (Å²) in [5.74, 6) is 0.241. The maximum atomic E-state index is 12.6. The Bertz CT molecular complexity index is 756. The number of furan rings is 1. The molecule has 1 atom stereocenters. The molecule has 0 radical (unpaired) electrons. The number of rotatable bonds is 5. The fourth-order valence-corrected chi connectivity index (χ4v) is 2.75. The highest BCUT2D eigenvalue weighted by Gasteiger charge is 2.30. The van der Waals surface area contributed by atoms with Crippen molar-refractivity contribution in [3.05, 3.63) is 53.5 Å². The molecule has 1 aliphatic heterocycles. The molecule has 0 spiro atoms. The van der Waals surface area contributed by atoms with Gasteiger partial charge < -0.3 is 24.5 Å². The van der Waals surface area contributed by atoms with Gasteiger partial charge in [0.1, 0.15) is 24.2 Å². The lowest BCUT2D eigenvalue weighted by Crippen LogP contribution is -2.55. The van der Waals surface area contributed by atoms with Gasteiger partial charge in [-0.3, -0.25) is 9.59 Å². The summed E-state index contributed by atoms with van der Waals surface area (Å²) in [6.45, 7) is 3.01. The largest absolute Gasteiger partial charge is 0.486 e. The number of nitrogens with one attached hydrogen (secondary N) is 1. The Kier molecular flexibility index (Phi) is 5.04. The maximum Gasteiger partial charge on any atom is 0.322 e. The number of carbonyl (C=O) groups excluding carboxylic acids is 1. The van der Waals surface area contributed by atoms with E-state index in [-0.39, 0.29) is 24.8 Å². The molecule has 1 aromatic heterocycles. The van der Waals surface area contributed by atoms with Crippen LogP contribution in [-0.2, 0) is 11.4 Å². The number of piperazine rings is 1. The summed E-state index contributed by atoms with van der Waals surface area (Å²) < 4.78 is 11.3. The van der Waals surface area contributed by atoms with Crippen LogP contribution in [0.4, 0.5) is 0 Å². The summed E-state index contributed by atoms with van der Waals surface area (Å²) in [7, 11) is 0. The molecular weight excluding hydrogens is 324 g/mol. The van der Waals surface area contributed by atoms with Crippen molar-refractivity contribution in [1.82, 2.24) is 10.2 Å². The van der Waals surface area contributed by atoms with Crippen molar-refractivity contribution in [1.29, 1.82) is 0 Å². The molecule has 1 saturated heterocycles. The van der Waals surface area contributed by atoms with Crippen molar-refractivity contribution >= 4 is 11.9 Å². The van der Waals surface area contributed by atoms with E-state index in [4.69, 9.17) is 14.3 Å². The minimum Gasteiger partial charge on any atom is -0.486 e. The lowest BCUT2D eigenvalue weighted by Gasteiger charge is -2.31. The van der Waals surface area contributed by atoms with Crippen molar-refractivity contribution < 1.29 is 23.8 Å². The number of carboxylic acid groups (broad SMARTS) is 1. The number of amides is 1. The van der Waals surface area contributed by atoms with Crippen molar-refractivity contribution in [3.8, 4) is 5.75 Å². The topological polar surface area (TPSA) is 92.0 Å². The van der Waals surface area contributed by atoms with Crippen LogP contribution in [0.5, 0.6) is 5.75 Å². The van der Waals surface area contributed by atoms with Gasteiger partial charge in [0, 0.05) is 25.2 Å². The Balaban J connectivity index is 1.67. The van der Waals surface area contributed by atoms with Crippen LogP contribution in [0.3, 0.4) is 0 Å². The lowest BCUT2D eigenvalue weighted by atomic mass is 10.2. The summed E-state index contributed by atoms with van der Waals surface area (Å²) in [6, 6.07) is 10.4. The predicted molar refractivity (Wildman–Crippen MR) is 89.5 cm³/mol. The lowest BCUT2D eigenvalue weighted by molar-refractivity contribution is -0.140. The number of hydrogen-bond acceptors (Lipinski definition) is 5. The molecule has 7 heteroatoms. The highest BCUT2D eigenvalue weighted by molar-refractivity contribution is 5.93. The molecule has 2 aromatic rings. The molecule has 1 fully saturated rings. The molecule has 25 heavy (non-hydrogen) atoms. The van der Waals surface area contributed by atoms with Gasteiger partial charge in [0.25, 0.3) is 5.91 Å². The summed E-state index contributed by atoms with van der Waals surface area (Å²) in [5.41, 5.74) is 0.710. The van der Waals surface area contributed by atoms with Gasteiger partial charge in [0.15, 0.2) is 5.76 Å². The van der Waals surface area contributed by atoms with Gasteiger partial charge in [0.05, 0.1) is 0 Å². The Labute approximate surface area is 145 Å². The van der Waals surface area contributed by atoms with Crippen LogP contribution in [-0.4, -0.2) is 47.6 Å². The van der Waals surface area contributed by atoms with Gasteiger partial charge >= 0.3 is 5.97 Å². The average Bonchev–Trinajstić information content (AvgIpc) is 3.01. The first-order valence-electron chi connectivity index (χ1n) is 8.07. The summed E-state index contributed by atoms with van der Waals surface area (Å²) >= 11 is 0. The van der Waals surface area contributed by atoms with E-state index in [1.807, 2.05) is 30.3 Å². The zero-order chi connectivity index (χ0) is 17.8. The molecule has 2 N–H and O–H groups in total. The van der Waals surface area contributed by atoms with Gasteiger partial charge in [-0.2, -0.15) is 0 Å². The van der Waals surface area contributed by atoms with Gasteiger partial charge in [-0.15, -0.1) is 0 Å². The Morgan fingerprint density at radius 2 is 2.12 bits per heavy atom. The first-order valence-corrected chi connectivity index (χ1v) is 8.07. The number of hydrogen-bond donors (Lipinski definition) is 2. The number of para-hydroxylation sites is 1. The van der Waals surface area contributed by atoms with Crippen LogP contribution in [0.15, 0.2) is 40.8 Å². The summed E-state index contributed by atoms with van der Waals surface area (Å²) in [6.07, 6.45) is 0. The minimum atomic E-state index is -0.967. The van der Waals surface area contributed by atoms with Crippen molar-refractivity contribution in [2.45, 2.75) is 19.6 Å². The molecule has 0 aliphatic carbocycles. The van der Waals surface area contributed by atoms with Crippen LogP contribution in [0.1, 0.15) is 21.9 Å². The number of aliphatic carboxylic acids is 1. The Morgan fingerprint density at radius 1 is 1.36 bits per heavy atom. The Hall–Kier alpha value is -2.80. The van der Waals surface area contributed by atoms with E-state index in [1.165, 1.54) is 4.90 Å². The predicted octanol–water partition coefficient (Wildman–Crippen LogP) is 1.67. The van der Waals surface area contributed by atoms with Crippen LogP contribution in [0.2, 0.25) is 0 Å². The number of carbonyl (C=O) groups is 2. The zero-order valence-corrected chi connectivity index (χ0v) is 13.9. The zero-order valence-electron chi connectivity index (χ0n) is 13.9. The highest BCUT2D eigenvalue weighted by atomic mass is 16.5. The SMILES string of the molecule is Cc1cc(COc2ccccc2)oc1C(=O)N1CCNC(C(=O)O)C1. The second-order valence-electron chi connectivity index (χ2n) is 5.92. The van der Waals surface area contributed by atoms with Crippen molar-refractivity contribution in [3.63, 3.8) is 0 Å². The number of aryl methyl sites for hydroxylation is 1. The molecule has 1 amide bonds. The second-order valence-corrected chi connectivity index (χ2v) is 5.92. The normalized spacial score (nSPS) is 17.3. The molecule has 1 unspecified atom stereocenters. The fourth-order valence-electron chi connectivity index (χ4n) is 2.75. The smallest absolute Gasteiger partial charge is 0.322 e. The number of carboxylic acids is 1. The molecule has 132 valence electrons.